The summed E-state index contributed by atoms with van der Waals surface area (Å²) in [5.41, 5.74) is 1.23. The molecule has 0 radical (unpaired) electrons. The fourth-order valence-electron chi connectivity index (χ4n) is 5.20. The summed E-state index contributed by atoms with van der Waals surface area (Å²) in [6, 6.07) is 9.68. The number of ketones is 1. The van der Waals surface area contributed by atoms with E-state index in [0.29, 0.717) is 39.8 Å². The molecule has 0 fully saturated rings. The van der Waals surface area contributed by atoms with Crippen LogP contribution in [0, 0.1) is 17.2 Å². The van der Waals surface area contributed by atoms with Gasteiger partial charge in [0.25, 0.3) is 5.56 Å². The molecule has 10 heteroatoms. The summed E-state index contributed by atoms with van der Waals surface area (Å²) in [6.07, 6.45) is 2.32. The number of rotatable bonds is 6. The van der Waals surface area contributed by atoms with Gasteiger partial charge in [0.05, 0.1) is 25.7 Å². The van der Waals surface area contributed by atoms with E-state index in [1.807, 2.05) is 19.9 Å². The van der Waals surface area contributed by atoms with Crippen LogP contribution in [0.4, 0.5) is 10.2 Å². The topological polar surface area (TPSA) is 114 Å². The van der Waals surface area contributed by atoms with Crippen LogP contribution >= 0.6 is 11.8 Å². The lowest BCUT2D eigenvalue weighted by Crippen LogP contribution is -2.41. The Bertz CT molecular complexity index is 1490. The highest BCUT2D eigenvalue weighted by Gasteiger charge is 2.46. The van der Waals surface area contributed by atoms with Crippen molar-refractivity contribution >= 4 is 23.4 Å². The van der Waals surface area contributed by atoms with E-state index >= 15 is 0 Å². The number of anilines is 1. The highest BCUT2D eigenvalue weighted by atomic mass is 32.2. The molecule has 38 heavy (non-hydrogen) atoms. The van der Waals surface area contributed by atoms with Crippen LogP contribution in [0.15, 0.2) is 58.1 Å². The van der Waals surface area contributed by atoms with E-state index < -0.39 is 17.4 Å². The molecule has 1 aliphatic carbocycles. The van der Waals surface area contributed by atoms with Gasteiger partial charge < -0.3 is 24.9 Å². The van der Waals surface area contributed by atoms with Gasteiger partial charge >= 0.3 is 0 Å². The molecule has 0 saturated heterocycles. The number of nitrogens with zero attached hydrogens (tertiary/aromatic N) is 1. The van der Waals surface area contributed by atoms with Gasteiger partial charge in [-0.2, -0.15) is 0 Å². The van der Waals surface area contributed by atoms with Crippen molar-refractivity contribution < 1.29 is 23.8 Å². The number of H-pyrrole nitrogens is 1. The molecule has 2 unspecified atom stereocenters. The third kappa shape index (κ3) is 4.64. The summed E-state index contributed by atoms with van der Waals surface area (Å²) in [5.74, 6) is -0.948. The number of benzene rings is 2. The van der Waals surface area contributed by atoms with Crippen molar-refractivity contribution in [2.45, 2.75) is 37.1 Å². The number of aromatic hydroxyl groups is 1. The SMILES string of the molecule is COc1cc(C2c3c(nc(SCc4ccccc4F)[nH]c3=O)NC3=CC(C)(C)CC(=O)C32)cc(OC)c1O. The molecule has 1 aromatic heterocycles. The number of Topliss-reactive ketones (excluding diaryl/α,β-unsaturated/α-hetero) is 1. The van der Waals surface area contributed by atoms with Gasteiger partial charge in [-0.1, -0.05) is 49.9 Å². The van der Waals surface area contributed by atoms with E-state index in [2.05, 4.69) is 15.3 Å². The van der Waals surface area contributed by atoms with E-state index in [0.717, 1.165) is 0 Å². The number of nitrogens with one attached hydrogen (secondary N) is 2. The van der Waals surface area contributed by atoms with E-state index in [1.54, 1.807) is 30.3 Å². The number of hydrogen-bond acceptors (Lipinski definition) is 8. The van der Waals surface area contributed by atoms with Crippen LogP contribution in [-0.4, -0.2) is 35.1 Å². The molecule has 3 N–H and O–H groups in total. The highest BCUT2D eigenvalue weighted by molar-refractivity contribution is 7.98. The number of carbonyl (C=O) groups is 1. The number of aromatic nitrogens is 2. The quantitative estimate of drug-likeness (QED) is 0.298. The second-order valence-corrected chi connectivity index (χ2v) is 11.1. The molecule has 2 atom stereocenters. The fourth-order valence-corrected chi connectivity index (χ4v) is 6.05. The molecular formula is C28H28FN3O5S. The van der Waals surface area contributed by atoms with Gasteiger partial charge in [-0.15, -0.1) is 0 Å². The molecule has 0 spiro atoms. The minimum absolute atomic E-state index is 0.0148. The number of thioether (sulfide) groups is 1. The van der Waals surface area contributed by atoms with Crippen molar-refractivity contribution in [1.29, 1.82) is 0 Å². The monoisotopic (exact) mass is 537 g/mol. The number of methoxy groups -OCH3 is 2. The summed E-state index contributed by atoms with van der Waals surface area (Å²) < 4.78 is 24.8. The van der Waals surface area contributed by atoms with Gasteiger partial charge in [-0.05, 0) is 34.7 Å². The zero-order valence-electron chi connectivity index (χ0n) is 21.4. The Morgan fingerprint density at radius 3 is 2.47 bits per heavy atom. The van der Waals surface area contributed by atoms with Gasteiger partial charge in [0.15, 0.2) is 16.7 Å². The summed E-state index contributed by atoms with van der Waals surface area (Å²) >= 11 is 1.21. The Morgan fingerprint density at radius 1 is 1.13 bits per heavy atom. The molecule has 3 aromatic rings. The molecule has 1 aliphatic heterocycles. The number of fused-ring (bicyclic) bond motifs is 2. The Hall–Kier alpha value is -3.79. The lowest BCUT2D eigenvalue weighted by molar-refractivity contribution is -0.124. The molecule has 2 aromatic carbocycles. The smallest absolute Gasteiger partial charge is 0.257 e. The van der Waals surface area contributed by atoms with Crippen LogP contribution in [0.25, 0.3) is 0 Å². The molecule has 198 valence electrons. The van der Waals surface area contributed by atoms with Crippen LogP contribution in [0.1, 0.15) is 42.9 Å². The summed E-state index contributed by atoms with van der Waals surface area (Å²) in [6.45, 7) is 3.96. The standard InChI is InChI=1S/C28H28FN3O5S/c1-28(2)11-17-22(18(33)12-28)21(15-9-19(36-3)24(34)20(10-15)37-4)23-25(30-17)31-27(32-26(23)35)38-13-14-7-5-6-8-16(14)29/h5-11,21-22,34H,12-13H2,1-4H3,(H2,30,31,32,35). The van der Waals surface area contributed by atoms with Crippen LogP contribution in [0.3, 0.4) is 0 Å². The van der Waals surface area contributed by atoms with Crippen molar-refractivity contribution in [3.63, 3.8) is 0 Å². The summed E-state index contributed by atoms with van der Waals surface area (Å²) in [4.78, 5) is 34.6. The van der Waals surface area contributed by atoms with E-state index in [-0.39, 0.29) is 40.0 Å². The molecule has 0 amide bonds. The number of allylic oxidation sites excluding steroid dienone is 2. The van der Waals surface area contributed by atoms with E-state index in [4.69, 9.17) is 9.47 Å². The predicted molar refractivity (Wildman–Crippen MR) is 142 cm³/mol. The molecule has 2 aliphatic rings. The maximum atomic E-state index is 14.1. The molecule has 2 heterocycles. The van der Waals surface area contributed by atoms with Crippen LogP contribution in [0.2, 0.25) is 0 Å². The second kappa shape index (κ2) is 9.83. The predicted octanol–water partition coefficient (Wildman–Crippen LogP) is 4.98. The maximum absolute atomic E-state index is 14.1. The Balaban J connectivity index is 1.65. The molecule has 5 rings (SSSR count). The van der Waals surface area contributed by atoms with Crippen LogP contribution < -0.4 is 20.3 Å². The number of aromatic amines is 1. The average molecular weight is 538 g/mol. The third-order valence-corrected chi connectivity index (χ3v) is 7.80. The van der Waals surface area contributed by atoms with E-state index in [9.17, 15) is 19.1 Å². The number of phenolic OH excluding ortho intramolecular Hbond substituents is 1. The molecule has 0 bridgehead atoms. The Kier molecular flexibility index (Phi) is 6.68. The van der Waals surface area contributed by atoms with Crippen molar-refractivity contribution in [1.82, 2.24) is 9.97 Å². The number of carbonyl (C=O) groups excluding carboxylic acids is 1. The average Bonchev–Trinajstić information content (AvgIpc) is 2.86. The minimum Gasteiger partial charge on any atom is -0.502 e. The third-order valence-electron chi connectivity index (χ3n) is 6.88. The molecule has 8 nitrogen and oxygen atoms in total. The number of ether oxygens (including phenoxy) is 2. The van der Waals surface area contributed by atoms with Gasteiger partial charge in [-0.25, -0.2) is 9.37 Å². The van der Waals surface area contributed by atoms with Crippen molar-refractivity contribution in [2.75, 3.05) is 19.5 Å². The maximum Gasteiger partial charge on any atom is 0.257 e. The highest BCUT2D eigenvalue weighted by Crippen LogP contribution is 2.50. The summed E-state index contributed by atoms with van der Waals surface area (Å²) in [7, 11) is 2.84. The van der Waals surface area contributed by atoms with Crippen LogP contribution in [0.5, 0.6) is 17.2 Å². The first kappa shape index (κ1) is 25.8. The Morgan fingerprint density at radius 2 is 1.82 bits per heavy atom. The largest absolute Gasteiger partial charge is 0.502 e. The second-order valence-electron chi connectivity index (χ2n) is 10.1. The van der Waals surface area contributed by atoms with Gasteiger partial charge in [0.2, 0.25) is 5.75 Å². The number of phenols is 1. The van der Waals surface area contributed by atoms with E-state index in [1.165, 1.54) is 32.0 Å². The lowest BCUT2D eigenvalue weighted by atomic mass is 9.67. The van der Waals surface area contributed by atoms with Crippen molar-refractivity contribution in [3.05, 3.63) is 81.0 Å². The first-order valence-corrected chi connectivity index (χ1v) is 13.1. The minimum atomic E-state index is -0.702. The van der Waals surface area contributed by atoms with Gasteiger partial charge in [-0.3, -0.25) is 9.59 Å². The van der Waals surface area contributed by atoms with Gasteiger partial charge in [0, 0.05) is 23.8 Å². The normalized spacial score (nSPS) is 19.6. The van der Waals surface area contributed by atoms with Crippen molar-refractivity contribution in [2.24, 2.45) is 11.3 Å². The molecule has 0 saturated carbocycles. The number of hydrogen-bond donors (Lipinski definition) is 3. The number of halogens is 1. The van der Waals surface area contributed by atoms with Gasteiger partial charge in [0.1, 0.15) is 17.4 Å². The van der Waals surface area contributed by atoms with Crippen molar-refractivity contribution in [3.8, 4) is 17.2 Å². The summed E-state index contributed by atoms with van der Waals surface area (Å²) in [5, 5.41) is 14.1. The molecular weight excluding hydrogens is 509 g/mol. The Labute approximate surface area is 223 Å². The zero-order valence-corrected chi connectivity index (χ0v) is 22.2. The zero-order chi connectivity index (χ0) is 27.2. The van der Waals surface area contributed by atoms with Crippen LogP contribution in [-0.2, 0) is 10.5 Å². The fraction of sp³-hybridized carbons (Fsp3) is 0.321. The lowest BCUT2D eigenvalue weighted by Gasteiger charge is -2.40. The first-order chi connectivity index (χ1) is 18.1. The first-order valence-electron chi connectivity index (χ1n) is 12.1.